The van der Waals surface area contributed by atoms with Gasteiger partial charge in [-0.15, -0.1) is 0 Å². The molecule has 0 spiro atoms. The fourth-order valence-electron chi connectivity index (χ4n) is 8.34. The van der Waals surface area contributed by atoms with Gasteiger partial charge in [0, 0.05) is 47.4 Å². The number of hydrogen-bond donors (Lipinski definition) is 4. The Balaban J connectivity index is 2.24. The van der Waals surface area contributed by atoms with Crippen LogP contribution >= 0.6 is 0 Å². The molecule has 9 atom stereocenters. The lowest BCUT2D eigenvalue weighted by molar-refractivity contribution is -0.148. The third kappa shape index (κ3) is 15.4. The van der Waals surface area contributed by atoms with E-state index in [-0.39, 0.29) is 48.3 Å². The minimum absolute atomic E-state index is 0.0327. The molecule has 16 nitrogen and oxygen atoms in total. The normalized spacial score (nSPS) is 18.4. The molecule has 342 valence electrons. The maximum Gasteiger partial charge on any atom is 0.326 e. The summed E-state index contributed by atoms with van der Waals surface area (Å²) in [7, 11) is 6.60. The first-order valence-electron chi connectivity index (χ1n) is 21.5. The Hall–Kier alpha value is -3.67. The molecule has 2 rings (SSSR count). The highest BCUT2D eigenvalue weighted by atomic mass is 16.6. The molecule has 0 bridgehead atoms. The molecular formula is C44H76N6O10. The van der Waals surface area contributed by atoms with E-state index in [2.05, 4.69) is 15.5 Å². The van der Waals surface area contributed by atoms with Gasteiger partial charge in [0.15, 0.2) is 0 Å². The molecule has 1 aliphatic rings. The highest BCUT2D eigenvalue weighted by Gasteiger charge is 2.43. The summed E-state index contributed by atoms with van der Waals surface area (Å²) in [4.78, 5) is 78.2. The van der Waals surface area contributed by atoms with Gasteiger partial charge in [-0.2, -0.15) is 0 Å². The van der Waals surface area contributed by atoms with Crippen LogP contribution in [0.25, 0.3) is 0 Å². The van der Waals surface area contributed by atoms with E-state index in [1.165, 1.54) is 14.2 Å². The van der Waals surface area contributed by atoms with Gasteiger partial charge < -0.3 is 44.6 Å². The minimum Gasteiger partial charge on any atom is -0.480 e. The summed E-state index contributed by atoms with van der Waals surface area (Å²) < 4.78 is 17.6. The number of carbonyl (C=O) groups is 5. The maximum absolute atomic E-state index is 14.5. The number of amides is 4. The highest BCUT2D eigenvalue weighted by Crippen LogP contribution is 2.30. The summed E-state index contributed by atoms with van der Waals surface area (Å²) in [6.07, 6.45) is 1.35. The van der Waals surface area contributed by atoms with Crippen LogP contribution in [0.15, 0.2) is 30.3 Å². The van der Waals surface area contributed by atoms with Gasteiger partial charge >= 0.3 is 5.97 Å². The number of benzene rings is 1. The Bertz CT molecular complexity index is 1470. The molecule has 4 amide bonds. The monoisotopic (exact) mass is 849 g/mol. The van der Waals surface area contributed by atoms with Gasteiger partial charge in [0.05, 0.1) is 55.9 Å². The first-order chi connectivity index (χ1) is 28.4. The van der Waals surface area contributed by atoms with Crippen molar-refractivity contribution in [1.29, 1.82) is 0 Å². The van der Waals surface area contributed by atoms with E-state index >= 15 is 0 Å². The summed E-state index contributed by atoms with van der Waals surface area (Å²) in [5.74, 6) is 1.59. The topological polar surface area (TPSA) is 202 Å². The van der Waals surface area contributed by atoms with Gasteiger partial charge in [-0.3, -0.25) is 24.1 Å². The number of nitrogens with one attached hydrogen (secondary N) is 2. The van der Waals surface area contributed by atoms with Gasteiger partial charge in [0.2, 0.25) is 23.6 Å². The van der Waals surface area contributed by atoms with Crippen LogP contribution in [0.5, 0.6) is 0 Å². The zero-order valence-corrected chi connectivity index (χ0v) is 38.1. The lowest BCUT2D eigenvalue weighted by atomic mass is 9.89. The highest BCUT2D eigenvalue weighted by molar-refractivity contribution is 5.90. The third-order valence-electron chi connectivity index (χ3n) is 11.9. The number of likely N-dealkylation sites (N-methyl/N-ethyl adjacent to an activating group) is 2. The average molecular weight is 849 g/mol. The fourth-order valence-corrected chi connectivity index (χ4v) is 8.34. The number of nitrogens with two attached hydrogens (primary N) is 1. The lowest BCUT2D eigenvalue weighted by Crippen LogP contribution is -2.60. The van der Waals surface area contributed by atoms with Crippen LogP contribution in [0, 0.1) is 23.7 Å². The van der Waals surface area contributed by atoms with Crippen LogP contribution < -0.4 is 16.5 Å². The maximum atomic E-state index is 14.5. The van der Waals surface area contributed by atoms with Crippen molar-refractivity contribution in [2.45, 2.75) is 129 Å². The molecule has 0 saturated carbocycles. The Labute approximate surface area is 358 Å². The van der Waals surface area contributed by atoms with E-state index in [9.17, 15) is 29.1 Å². The predicted molar refractivity (Wildman–Crippen MR) is 229 cm³/mol. The molecule has 1 heterocycles. The number of nitrogens with zero attached hydrogens (tertiary/aromatic N) is 3. The van der Waals surface area contributed by atoms with Gasteiger partial charge in [-0.1, -0.05) is 85.2 Å². The number of carbonyl (C=O) groups excluding carboxylic acids is 4. The van der Waals surface area contributed by atoms with Crippen molar-refractivity contribution < 1.29 is 48.1 Å². The number of ether oxygens (including phenoxy) is 3. The van der Waals surface area contributed by atoms with Crippen LogP contribution in [-0.4, -0.2) is 153 Å². The second-order valence-electron chi connectivity index (χ2n) is 16.9. The Morgan fingerprint density at radius 1 is 0.917 bits per heavy atom. The molecular weight excluding hydrogens is 773 g/mol. The van der Waals surface area contributed by atoms with Gasteiger partial charge in [0.1, 0.15) is 12.1 Å². The minimum atomic E-state index is -1.14. The molecule has 0 aliphatic carbocycles. The van der Waals surface area contributed by atoms with Crippen molar-refractivity contribution in [2.75, 3.05) is 61.2 Å². The van der Waals surface area contributed by atoms with Gasteiger partial charge in [0.25, 0.3) is 0 Å². The molecule has 1 fully saturated rings. The van der Waals surface area contributed by atoms with Crippen molar-refractivity contribution in [2.24, 2.45) is 29.6 Å². The smallest absolute Gasteiger partial charge is 0.326 e. The first kappa shape index (κ1) is 52.5. The van der Waals surface area contributed by atoms with E-state index in [4.69, 9.17) is 20.1 Å². The van der Waals surface area contributed by atoms with E-state index in [1.54, 1.807) is 23.8 Å². The van der Waals surface area contributed by atoms with Crippen molar-refractivity contribution in [3.63, 3.8) is 0 Å². The van der Waals surface area contributed by atoms with Crippen molar-refractivity contribution in [1.82, 2.24) is 25.3 Å². The van der Waals surface area contributed by atoms with Crippen LogP contribution in [0.2, 0.25) is 0 Å². The van der Waals surface area contributed by atoms with E-state index in [0.29, 0.717) is 58.6 Å². The molecule has 1 saturated heterocycles. The van der Waals surface area contributed by atoms with E-state index < -0.39 is 60.2 Å². The molecule has 1 aromatic carbocycles. The second kappa shape index (κ2) is 26.6. The van der Waals surface area contributed by atoms with Gasteiger partial charge in [-0.25, -0.2) is 10.7 Å². The summed E-state index contributed by atoms with van der Waals surface area (Å²) in [6.45, 7) is 15.7. The summed E-state index contributed by atoms with van der Waals surface area (Å²) in [5.41, 5.74) is 0.779. The average Bonchev–Trinajstić information content (AvgIpc) is 3.70. The molecule has 0 radical (unpaired) electrons. The lowest BCUT2D eigenvalue weighted by Gasteiger charge is -2.41. The zero-order valence-electron chi connectivity index (χ0n) is 38.1. The first-order valence-corrected chi connectivity index (χ1v) is 21.5. The Morgan fingerprint density at radius 2 is 1.58 bits per heavy atom. The number of rotatable bonds is 28. The third-order valence-corrected chi connectivity index (χ3v) is 11.9. The number of likely N-dealkylation sites (tertiary alicyclic amines) is 1. The molecule has 1 aromatic rings. The second-order valence-corrected chi connectivity index (χ2v) is 16.9. The predicted octanol–water partition coefficient (Wildman–Crippen LogP) is 3.11. The fraction of sp³-hybridized carbons (Fsp3) is 0.750. The number of aliphatic carboxylic acids is 1. The summed E-state index contributed by atoms with van der Waals surface area (Å²) in [6, 6.07) is 5.65. The molecule has 0 aromatic heterocycles. The van der Waals surface area contributed by atoms with Crippen molar-refractivity contribution >= 4 is 29.6 Å². The summed E-state index contributed by atoms with van der Waals surface area (Å²) >= 11 is 0. The van der Waals surface area contributed by atoms with E-state index in [0.717, 1.165) is 5.56 Å². The number of carboxylic acid groups (broad SMARTS) is 1. The van der Waals surface area contributed by atoms with Crippen LogP contribution in [0.1, 0.15) is 86.1 Å². The van der Waals surface area contributed by atoms with Crippen LogP contribution in [0.3, 0.4) is 0 Å². The Morgan fingerprint density at radius 3 is 2.13 bits per heavy atom. The van der Waals surface area contributed by atoms with Crippen molar-refractivity contribution in [3.8, 4) is 0 Å². The number of hydrogen-bond acceptors (Lipinski definition) is 11. The van der Waals surface area contributed by atoms with Crippen LogP contribution in [-0.2, 0) is 49.4 Å². The number of carboxylic acids is 1. The zero-order chi connectivity index (χ0) is 45.1. The molecule has 60 heavy (non-hydrogen) atoms. The largest absolute Gasteiger partial charge is 0.480 e. The van der Waals surface area contributed by atoms with E-state index in [1.807, 2.05) is 83.8 Å². The molecule has 0 unspecified atom stereocenters. The Kier molecular flexibility index (Phi) is 23.3. The number of methoxy groups -OCH3 is 2. The van der Waals surface area contributed by atoms with Crippen molar-refractivity contribution in [3.05, 3.63) is 35.9 Å². The van der Waals surface area contributed by atoms with Crippen LogP contribution in [0.4, 0.5) is 0 Å². The molecule has 5 N–H and O–H groups in total. The summed E-state index contributed by atoms with van der Waals surface area (Å²) in [5, 5.41) is 15.7. The van der Waals surface area contributed by atoms with Gasteiger partial charge in [-0.05, 0) is 49.6 Å². The quantitative estimate of drug-likeness (QED) is 0.0711. The SMILES string of the molecule is CC[C@H](C)[C@@H]([C@@H](CC(=O)N1CCC[C@H]1[C@H](OC)[C@@H](C)C(=O)N[C@@H](Cc1ccccc1)C(=O)O)OC)N(C)C(=O)[C@@H](NC(=O)[C@H](C(C)C)N(C)CCOCCCON)C(C)C. The molecule has 16 heteroatoms. The molecule has 1 aliphatic heterocycles. The standard InChI is InChI=1S/C44H76N6O10/c1-12-30(6)39(49(9)43(54)37(28(2)3)47-42(53)38(29(4)5)48(8)22-25-59-23-17-24-60-45)35(57-10)27-36(51)50-21-16-20-34(50)40(58-11)31(7)41(52)46-33(44(55)56)26-32-18-14-13-15-19-32/h13-15,18-19,28-31,33-35,37-40H,12,16-17,20-27,45H2,1-11H3,(H,46,52)(H,47,53)(H,55,56)/t30-,31+,33-,34-,35+,37-,38-,39-,40+/m0/s1.